The zero-order valence-corrected chi connectivity index (χ0v) is 11.5. The number of nitrogens with zero attached hydrogens (tertiary/aromatic N) is 2. The fraction of sp³-hybridized carbons (Fsp3) is 0.600. The van der Waals surface area contributed by atoms with E-state index < -0.39 is 0 Å². The zero-order valence-electron chi connectivity index (χ0n) is 11.5. The van der Waals surface area contributed by atoms with Crippen molar-refractivity contribution in [3.63, 3.8) is 0 Å². The third kappa shape index (κ3) is 2.74. The maximum Gasteiger partial charge on any atom is 0.146 e. The van der Waals surface area contributed by atoms with Gasteiger partial charge in [-0.05, 0) is 37.5 Å². The smallest absolute Gasteiger partial charge is 0.146 e. The molecule has 3 nitrogen and oxygen atoms in total. The molecule has 0 bridgehead atoms. The molecule has 2 aliphatic rings. The maximum absolute atomic E-state index is 14.2. The van der Waals surface area contributed by atoms with E-state index in [2.05, 4.69) is 9.80 Å². The number of rotatable bonds is 3. The number of hydrogen-bond donors (Lipinski definition) is 1. The first-order valence-corrected chi connectivity index (χ1v) is 7.19. The fourth-order valence-electron chi connectivity index (χ4n) is 2.83. The summed E-state index contributed by atoms with van der Waals surface area (Å²) in [7, 11) is 0. The van der Waals surface area contributed by atoms with Gasteiger partial charge >= 0.3 is 0 Å². The van der Waals surface area contributed by atoms with Crippen molar-refractivity contribution in [2.24, 2.45) is 5.73 Å². The Morgan fingerprint density at radius 3 is 2.42 bits per heavy atom. The molecule has 1 aliphatic carbocycles. The van der Waals surface area contributed by atoms with E-state index in [0.29, 0.717) is 0 Å². The molecule has 1 heterocycles. The predicted molar refractivity (Wildman–Crippen MR) is 75.8 cm³/mol. The average Bonchev–Trinajstić information content (AvgIpc) is 3.23. The highest BCUT2D eigenvalue weighted by Crippen LogP contribution is 2.29. The molecule has 1 aromatic rings. The molecule has 1 atom stereocenters. The minimum Gasteiger partial charge on any atom is -0.367 e. The molecule has 0 amide bonds. The van der Waals surface area contributed by atoms with Gasteiger partial charge in [-0.3, -0.25) is 4.90 Å². The Bertz CT molecular complexity index is 449. The van der Waals surface area contributed by atoms with Crippen LogP contribution in [0.4, 0.5) is 10.1 Å². The highest BCUT2D eigenvalue weighted by molar-refractivity contribution is 5.50. The van der Waals surface area contributed by atoms with Crippen LogP contribution in [-0.2, 0) is 0 Å². The highest BCUT2D eigenvalue weighted by Gasteiger charge is 2.31. The standard InChI is InChI=1S/C15H22FN3/c1-11(17)12-2-5-15(14(16)10-12)19-8-6-18(7-9-19)13-3-4-13/h2,5,10-11,13H,3-4,6-9,17H2,1H3/t11-/m0/s1. The van der Waals surface area contributed by atoms with Gasteiger partial charge in [0.15, 0.2) is 0 Å². The second kappa shape index (κ2) is 5.10. The number of anilines is 1. The van der Waals surface area contributed by atoms with E-state index in [1.807, 2.05) is 19.1 Å². The minimum absolute atomic E-state index is 0.115. The molecule has 2 fully saturated rings. The predicted octanol–water partition coefficient (Wildman–Crippen LogP) is 2.13. The van der Waals surface area contributed by atoms with E-state index in [0.717, 1.165) is 43.5 Å². The second-order valence-electron chi connectivity index (χ2n) is 5.75. The van der Waals surface area contributed by atoms with Gasteiger partial charge in [0, 0.05) is 38.3 Å². The van der Waals surface area contributed by atoms with Crippen LogP contribution in [-0.4, -0.2) is 37.1 Å². The number of benzene rings is 1. The summed E-state index contributed by atoms with van der Waals surface area (Å²) in [4.78, 5) is 4.68. The average molecular weight is 263 g/mol. The Morgan fingerprint density at radius 1 is 1.21 bits per heavy atom. The van der Waals surface area contributed by atoms with Crippen LogP contribution in [0.3, 0.4) is 0 Å². The Balaban J connectivity index is 1.69. The van der Waals surface area contributed by atoms with E-state index in [-0.39, 0.29) is 11.9 Å². The molecule has 0 spiro atoms. The second-order valence-corrected chi connectivity index (χ2v) is 5.75. The SMILES string of the molecule is C[C@H](N)c1ccc(N2CCN(C3CC3)CC2)c(F)c1. The van der Waals surface area contributed by atoms with Crippen LogP contribution < -0.4 is 10.6 Å². The van der Waals surface area contributed by atoms with Crippen LogP contribution in [0.1, 0.15) is 31.4 Å². The van der Waals surface area contributed by atoms with Gasteiger partial charge in [-0.25, -0.2) is 4.39 Å². The van der Waals surface area contributed by atoms with E-state index in [9.17, 15) is 4.39 Å². The third-order valence-corrected chi connectivity index (χ3v) is 4.22. The lowest BCUT2D eigenvalue weighted by atomic mass is 10.1. The van der Waals surface area contributed by atoms with Gasteiger partial charge in [0.25, 0.3) is 0 Å². The number of halogens is 1. The fourth-order valence-corrected chi connectivity index (χ4v) is 2.83. The molecular weight excluding hydrogens is 241 g/mol. The van der Waals surface area contributed by atoms with Crippen molar-refractivity contribution in [1.82, 2.24) is 4.90 Å². The lowest BCUT2D eigenvalue weighted by Crippen LogP contribution is -2.47. The minimum atomic E-state index is -0.144. The summed E-state index contributed by atoms with van der Waals surface area (Å²) >= 11 is 0. The monoisotopic (exact) mass is 263 g/mol. The largest absolute Gasteiger partial charge is 0.367 e. The molecule has 19 heavy (non-hydrogen) atoms. The quantitative estimate of drug-likeness (QED) is 0.906. The molecule has 104 valence electrons. The molecule has 2 N–H and O–H groups in total. The summed E-state index contributed by atoms with van der Waals surface area (Å²) in [6, 6.07) is 6.09. The Hall–Kier alpha value is -1.13. The summed E-state index contributed by atoms with van der Waals surface area (Å²) in [5, 5.41) is 0. The first kappa shape index (κ1) is 12.9. The number of hydrogen-bond acceptors (Lipinski definition) is 3. The molecule has 1 aromatic carbocycles. The van der Waals surface area contributed by atoms with Crippen LogP contribution in [0.15, 0.2) is 18.2 Å². The lowest BCUT2D eigenvalue weighted by molar-refractivity contribution is 0.247. The van der Waals surface area contributed by atoms with Crippen molar-refractivity contribution in [1.29, 1.82) is 0 Å². The maximum atomic E-state index is 14.2. The van der Waals surface area contributed by atoms with Crippen molar-refractivity contribution < 1.29 is 4.39 Å². The van der Waals surface area contributed by atoms with Crippen LogP contribution in [0.2, 0.25) is 0 Å². The zero-order chi connectivity index (χ0) is 13.4. The van der Waals surface area contributed by atoms with Crippen LogP contribution >= 0.6 is 0 Å². The number of piperazine rings is 1. The molecule has 0 radical (unpaired) electrons. The van der Waals surface area contributed by atoms with Gasteiger partial charge in [-0.1, -0.05) is 6.07 Å². The van der Waals surface area contributed by atoms with Gasteiger partial charge < -0.3 is 10.6 Å². The van der Waals surface area contributed by atoms with Gasteiger partial charge in [-0.2, -0.15) is 0 Å². The molecule has 0 aromatic heterocycles. The molecule has 1 saturated carbocycles. The molecule has 0 unspecified atom stereocenters. The Labute approximate surface area is 114 Å². The van der Waals surface area contributed by atoms with Crippen molar-refractivity contribution in [2.45, 2.75) is 31.8 Å². The van der Waals surface area contributed by atoms with Gasteiger partial charge in [0.2, 0.25) is 0 Å². The molecule has 1 saturated heterocycles. The van der Waals surface area contributed by atoms with E-state index in [1.54, 1.807) is 6.07 Å². The summed E-state index contributed by atoms with van der Waals surface area (Å²) in [6.07, 6.45) is 2.69. The lowest BCUT2D eigenvalue weighted by Gasteiger charge is -2.36. The van der Waals surface area contributed by atoms with Gasteiger partial charge in [0.1, 0.15) is 5.82 Å². The van der Waals surface area contributed by atoms with Crippen molar-refractivity contribution >= 4 is 5.69 Å². The Morgan fingerprint density at radius 2 is 1.89 bits per heavy atom. The first-order valence-electron chi connectivity index (χ1n) is 7.19. The first-order chi connectivity index (χ1) is 9.15. The van der Waals surface area contributed by atoms with Crippen molar-refractivity contribution in [3.05, 3.63) is 29.6 Å². The summed E-state index contributed by atoms with van der Waals surface area (Å²) < 4.78 is 14.2. The topological polar surface area (TPSA) is 32.5 Å². The Kier molecular flexibility index (Phi) is 3.46. The molecule has 1 aliphatic heterocycles. The van der Waals surface area contributed by atoms with Gasteiger partial charge in [-0.15, -0.1) is 0 Å². The highest BCUT2D eigenvalue weighted by atomic mass is 19.1. The van der Waals surface area contributed by atoms with Crippen molar-refractivity contribution in [2.75, 3.05) is 31.1 Å². The van der Waals surface area contributed by atoms with Gasteiger partial charge in [0.05, 0.1) is 5.69 Å². The van der Waals surface area contributed by atoms with Crippen LogP contribution in [0, 0.1) is 5.82 Å². The molecular formula is C15H22FN3. The van der Waals surface area contributed by atoms with E-state index in [1.165, 1.54) is 12.8 Å². The third-order valence-electron chi connectivity index (χ3n) is 4.22. The normalized spacial score (nSPS) is 22.6. The summed E-state index contributed by atoms with van der Waals surface area (Å²) in [5.41, 5.74) is 7.36. The van der Waals surface area contributed by atoms with Crippen LogP contribution in [0.25, 0.3) is 0 Å². The van der Waals surface area contributed by atoms with E-state index >= 15 is 0 Å². The molecule has 3 rings (SSSR count). The van der Waals surface area contributed by atoms with Crippen molar-refractivity contribution in [3.8, 4) is 0 Å². The van der Waals surface area contributed by atoms with E-state index in [4.69, 9.17) is 5.73 Å². The van der Waals surface area contributed by atoms with Crippen LogP contribution in [0.5, 0.6) is 0 Å². The molecule has 4 heteroatoms. The summed E-state index contributed by atoms with van der Waals surface area (Å²) in [5.74, 6) is -0.144. The summed E-state index contributed by atoms with van der Waals surface area (Å²) in [6.45, 7) is 5.83. The number of nitrogens with two attached hydrogens (primary N) is 1.